The van der Waals surface area contributed by atoms with Crippen LogP contribution in [0.25, 0.3) is 22.5 Å². The van der Waals surface area contributed by atoms with Gasteiger partial charge in [0.2, 0.25) is 0 Å². The second-order valence-electron chi connectivity index (χ2n) is 4.41. The molecule has 0 aliphatic heterocycles. The zero-order valence-electron chi connectivity index (χ0n) is 10.6. The van der Waals surface area contributed by atoms with Crippen molar-refractivity contribution >= 4 is 33.3 Å². The Labute approximate surface area is 133 Å². The van der Waals surface area contributed by atoms with Gasteiger partial charge in [-0.25, -0.2) is 4.39 Å². The number of nitrogen functional groups attached to an aromatic ring is 1. The van der Waals surface area contributed by atoms with Crippen molar-refractivity contribution in [2.75, 3.05) is 5.73 Å². The number of rotatable bonds is 2. The topological polar surface area (TPSA) is 52.0 Å². The number of nitrogens with two attached hydrogens (primary N) is 1. The first-order valence-electron chi connectivity index (χ1n) is 6.03. The maximum absolute atomic E-state index is 13.6. The molecule has 2 N–H and O–H groups in total. The number of nitrogens with zero attached hydrogens (tertiary/aromatic N) is 1. The van der Waals surface area contributed by atoms with E-state index < -0.39 is 5.82 Å². The van der Waals surface area contributed by atoms with Crippen LogP contribution in [-0.2, 0) is 0 Å². The highest BCUT2D eigenvalue weighted by molar-refractivity contribution is 9.10. The highest BCUT2D eigenvalue weighted by Crippen LogP contribution is 2.37. The number of benzene rings is 2. The van der Waals surface area contributed by atoms with Gasteiger partial charge in [0.05, 0.1) is 10.6 Å². The van der Waals surface area contributed by atoms with Crippen LogP contribution in [0.3, 0.4) is 0 Å². The smallest absolute Gasteiger partial charge is 0.177 e. The van der Waals surface area contributed by atoms with E-state index in [9.17, 15) is 4.39 Å². The molecule has 0 bridgehead atoms. The van der Waals surface area contributed by atoms with Gasteiger partial charge < -0.3 is 10.3 Å². The summed E-state index contributed by atoms with van der Waals surface area (Å²) in [7, 11) is 0. The second kappa shape index (κ2) is 5.50. The Morgan fingerprint density at radius 3 is 2.43 bits per heavy atom. The molecule has 0 aliphatic carbocycles. The number of hydrogen-bond donors (Lipinski definition) is 1. The van der Waals surface area contributed by atoms with Gasteiger partial charge >= 0.3 is 0 Å². The van der Waals surface area contributed by atoms with Crippen LogP contribution in [0.4, 0.5) is 10.2 Å². The molecule has 1 heterocycles. The van der Waals surface area contributed by atoms with E-state index in [1.165, 1.54) is 12.1 Å². The summed E-state index contributed by atoms with van der Waals surface area (Å²) in [6.45, 7) is 0. The Hall–Kier alpha value is -1.85. The minimum absolute atomic E-state index is 0.0522. The minimum Gasteiger partial charge on any atom is -0.380 e. The average Bonchev–Trinajstić information content (AvgIpc) is 2.85. The summed E-state index contributed by atoms with van der Waals surface area (Å²) < 4.78 is 19.8. The predicted octanol–water partition coefficient (Wildman–Crippen LogP) is 5.15. The Morgan fingerprint density at radius 1 is 1.10 bits per heavy atom. The van der Waals surface area contributed by atoms with Crippen LogP contribution in [0.15, 0.2) is 51.5 Å². The highest BCUT2D eigenvalue weighted by Gasteiger charge is 2.18. The van der Waals surface area contributed by atoms with Crippen molar-refractivity contribution in [1.29, 1.82) is 0 Å². The normalized spacial score (nSPS) is 10.8. The number of hydrogen-bond acceptors (Lipinski definition) is 3. The molecule has 3 rings (SSSR count). The van der Waals surface area contributed by atoms with Gasteiger partial charge in [-0.3, -0.25) is 0 Å². The van der Waals surface area contributed by atoms with Gasteiger partial charge in [0.15, 0.2) is 11.6 Å². The lowest BCUT2D eigenvalue weighted by molar-refractivity contribution is 0.436. The van der Waals surface area contributed by atoms with Gasteiger partial charge in [0.1, 0.15) is 5.82 Å². The van der Waals surface area contributed by atoms with E-state index >= 15 is 0 Å². The van der Waals surface area contributed by atoms with Crippen LogP contribution < -0.4 is 5.73 Å². The molecule has 0 aliphatic rings. The molecule has 3 nitrogen and oxygen atoms in total. The summed E-state index contributed by atoms with van der Waals surface area (Å²) in [5, 5.41) is 3.83. The van der Waals surface area contributed by atoms with E-state index in [-0.39, 0.29) is 10.8 Å². The molecule has 106 valence electrons. The van der Waals surface area contributed by atoms with Crippen LogP contribution in [0.2, 0.25) is 5.02 Å². The predicted molar refractivity (Wildman–Crippen MR) is 84.5 cm³/mol. The lowest BCUT2D eigenvalue weighted by atomic mass is 10.0. The number of aromatic nitrogens is 1. The molecule has 0 fully saturated rings. The minimum atomic E-state index is -0.522. The molecular formula is C15H9BrClFN2O. The summed E-state index contributed by atoms with van der Waals surface area (Å²) in [5.41, 5.74) is 7.87. The quantitative estimate of drug-likeness (QED) is 0.682. The summed E-state index contributed by atoms with van der Waals surface area (Å²) >= 11 is 9.07. The largest absolute Gasteiger partial charge is 0.380 e. The molecule has 3 aromatic rings. The van der Waals surface area contributed by atoms with E-state index in [4.69, 9.17) is 21.9 Å². The Kier molecular flexibility index (Phi) is 3.69. The first kappa shape index (κ1) is 14.1. The van der Waals surface area contributed by atoms with Crippen LogP contribution >= 0.6 is 27.5 Å². The molecule has 2 aromatic carbocycles. The zero-order chi connectivity index (χ0) is 15.0. The van der Waals surface area contributed by atoms with Crippen molar-refractivity contribution in [2.45, 2.75) is 0 Å². The van der Waals surface area contributed by atoms with Gasteiger partial charge in [-0.2, -0.15) is 0 Å². The van der Waals surface area contributed by atoms with Gasteiger partial charge in [0, 0.05) is 10.0 Å². The molecule has 0 unspecified atom stereocenters. The molecule has 0 radical (unpaired) electrons. The SMILES string of the molecule is Nc1noc(-c2ccc(Cl)c(F)c2)c1-c1ccc(Br)cc1. The summed E-state index contributed by atoms with van der Waals surface area (Å²) in [5.74, 6) is 0.138. The van der Waals surface area contributed by atoms with Crippen molar-refractivity contribution in [3.05, 3.63) is 57.8 Å². The summed E-state index contributed by atoms with van der Waals surface area (Å²) in [6, 6.07) is 11.9. The Balaban J connectivity index is 2.16. The molecule has 1 aromatic heterocycles. The fraction of sp³-hybridized carbons (Fsp3) is 0. The van der Waals surface area contributed by atoms with Crippen molar-refractivity contribution in [3.8, 4) is 22.5 Å². The number of anilines is 1. The first-order chi connectivity index (χ1) is 10.1. The van der Waals surface area contributed by atoms with Crippen LogP contribution in [-0.4, -0.2) is 5.16 Å². The van der Waals surface area contributed by atoms with Crippen molar-refractivity contribution in [3.63, 3.8) is 0 Å². The second-order valence-corrected chi connectivity index (χ2v) is 5.73. The van der Waals surface area contributed by atoms with E-state index in [1.54, 1.807) is 6.07 Å². The number of halogens is 3. The maximum atomic E-state index is 13.6. The van der Waals surface area contributed by atoms with E-state index in [2.05, 4.69) is 21.1 Å². The molecular weight excluding hydrogens is 359 g/mol. The van der Waals surface area contributed by atoms with Gasteiger partial charge in [-0.15, -0.1) is 0 Å². The molecule has 0 saturated carbocycles. The van der Waals surface area contributed by atoms with Crippen LogP contribution in [0.1, 0.15) is 0 Å². The lowest BCUT2D eigenvalue weighted by Crippen LogP contribution is -1.89. The molecule has 0 saturated heterocycles. The summed E-state index contributed by atoms with van der Waals surface area (Å²) in [4.78, 5) is 0. The summed E-state index contributed by atoms with van der Waals surface area (Å²) in [6.07, 6.45) is 0. The Morgan fingerprint density at radius 2 is 1.76 bits per heavy atom. The van der Waals surface area contributed by atoms with Crippen molar-refractivity contribution < 1.29 is 8.91 Å². The van der Waals surface area contributed by atoms with Gasteiger partial charge in [0.25, 0.3) is 0 Å². The van der Waals surface area contributed by atoms with E-state index in [0.717, 1.165) is 10.0 Å². The van der Waals surface area contributed by atoms with Crippen LogP contribution in [0.5, 0.6) is 0 Å². The average molecular weight is 368 g/mol. The first-order valence-corrected chi connectivity index (χ1v) is 7.20. The highest BCUT2D eigenvalue weighted by atomic mass is 79.9. The molecule has 0 atom stereocenters. The Bertz CT molecular complexity index is 802. The fourth-order valence-electron chi connectivity index (χ4n) is 2.03. The third-order valence-corrected chi connectivity index (χ3v) is 3.87. The van der Waals surface area contributed by atoms with E-state index in [0.29, 0.717) is 16.9 Å². The van der Waals surface area contributed by atoms with E-state index in [1.807, 2.05) is 24.3 Å². The molecule has 0 amide bonds. The molecule has 6 heteroatoms. The standard InChI is InChI=1S/C15H9BrClFN2O/c16-10-4-1-8(2-5-10)13-14(21-20-15(13)19)9-3-6-11(17)12(18)7-9/h1-7H,(H2,19,20). The monoisotopic (exact) mass is 366 g/mol. The van der Waals surface area contributed by atoms with Gasteiger partial charge in [-0.05, 0) is 35.9 Å². The van der Waals surface area contributed by atoms with Crippen LogP contribution in [0, 0.1) is 5.82 Å². The fourth-order valence-corrected chi connectivity index (χ4v) is 2.41. The third-order valence-electron chi connectivity index (χ3n) is 3.03. The van der Waals surface area contributed by atoms with Crippen molar-refractivity contribution in [2.24, 2.45) is 0 Å². The third kappa shape index (κ3) is 2.66. The maximum Gasteiger partial charge on any atom is 0.177 e. The molecule has 0 spiro atoms. The zero-order valence-corrected chi connectivity index (χ0v) is 13.0. The van der Waals surface area contributed by atoms with Crippen molar-refractivity contribution in [1.82, 2.24) is 5.16 Å². The van der Waals surface area contributed by atoms with Gasteiger partial charge in [-0.1, -0.05) is 44.8 Å². The lowest BCUT2D eigenvalue weighted by Gasteiger charge is -2.04. The molecule has 21 heavy (non-hydrogen) atoms.